The molecule has 0 aliphatic heterocycles. The number of methoxy groups -OCH3 is 2. The van der Waals surface area contributed by atoms with E-state index in [4.69, 9.17) is 31.6 Å². The maximum atomic E-state index is 12.1. The van der Waals surface area contributed by atoms with Crippen LogP contribution >= 0.6 is 11.6 Å². The molecule has 2 rings (SSSR count). The van der Waals surface area contributed by atoms with E-state index in [0.717, 1.165) is 6.07 Å². The van der Waals surface area contributed by atoms with Crippen LogP contribution in [0.25, 0.3) is 0 Å². The minimum absolute atomic E-state index is 0.113. The van der Waals surface area contributed by atoms with Gasteiger partial charge in [0.25, 0.3) is 5.69 Å². The lowest BCUT2D eigenvalue weighted by Gasteiger charge is -2.09. The smallest absolute Gasteiger partial charge is 0.372 e. The molecule has 136 valence electrons. The Morgan fingerprint density at radius 1 is 1.15 bits per heavy atom. The first-order valence-corrected chi connectivity index (χ1v) is 7.46. The summed E-state index contributed by atoms with van der Waals surface area (Å²) >= 11 is 5.70. The number of halogens is 1. The van der Waals surface area contributed by atoms with E-state index in [1.807, 2.05) is 0 Å². The molecule has 0 atom stereocenters. The van der Waals surface area contributed by atoms with Crippen molar-refractivity contribution in [1.29, 1.82) is 0 Å². The minimum Gasteiger partial charge on any atom is -0.493 e. The van der Waals surface area contributed by atoms with Crippen LogP contribution < -0.4 is 15.2 Å². The zero-order chi connectivity index (χ0) is 19.3. The molecule has 0 amide bonds. The van der Waals surface area contributed by atoms with E-state index in [2.05, 4.69) is 5.16 Å². The summed E-state index contributed by atoms with van der Waals surface area (Å²) in [5, 5.41) is 14.7. The maximum absolute atomic E-state index is 12.1. The zero-order valence-electron chi connectivity index (χ0n) is 13.8. The molecule has 0 fully saturated rings. The fraction of sp³-hybridized carbons (Fsp3) is 0.125. The first-order valence-electron chi connectivity index (χ1n) is 7.08. The lowest BCUT2D eigenvalue weighted by Crippen LogP contribution is -2.16. The number of amidine groups is 1. The van der Waals surface area contributed by atoms with Gasteiger partial charge in [-0.05, 0) is 30.3 Å². The zero-order valence-corrected chi connectivity index (χ0v) is 14.5. The standard InChI is InChI=1S/C16H14ClN3O6/c1-24-13-6-3-9(7-14(13)25-2)15(18)19-26-16(21)11-5-4-10(17)8-12(11)20(22)23/h3-8H,1-2H3,(H2,18,19). The van der Waals surface area contributed by atoms with Crippen LogP contribution in [0, 0.1) is 10.1 Å². The quantitative estimate of drug-likeness (QED) is 0.269. The highest BCUT2D eigenvalue weighted by atomic mass is 35.5. The van der Waals surface area contributed by atoms with E-state index in [1.165, 1.54) is 32.4 Å². The first kappa shape index (κ1) is 19.0. The van der Waals surface area contributed by atoms with Crippen LogP contribution in [-0.2, 0) is 4.84 Å². The van der Waals surface area contributed by atoms with E-state index in [9.17, 15) is 14.9 Å². The summed E-state index contributed by atoms with van der Waals surface area (Å²) in [6.45, 7) is 0. The van der Waals surface area contributed by atoms with Gasteiger partial charge in [-0.15, -0.1) is 0 Å². The molecule has 0 aromatic heterocycles. The SMILES string of the molecule is COc1ccc(/C(N)=N\OC(=O)c2ccc(Cl)cc2[N+](=O)[O-])cc1OC. The Kier molecular flexibility index (Phi) is 5.97. The second kappa shape index (κ2) is 8.17. The number of hydrogen-bond donors (Lipinski definition) is 1. The van der Waals surface area contributed by atoms with Crippen molar-refractivity contribution in [3.05, 3.63) is 62.7 Å². The predicted molar refractivity (Wildman–Crippen MR) is 93.8 cm³/mol. The molecule has 2 N–H and O–H groups in total. The molecule has 0 saturated carbocycles. The van der Waals surface area contributed by atoms with Crippen molar-refractivity contribution >= 4 is 29.1 Å². The lowest BCUT2D eigenvalue weighted by molar-refractivity contribution is -0.385. The fourth-order valence-electron chi connectivity index (χ4n) is 2.02. The highest BCUT2D eigenvalue weighted by molar-refractivity contribution is 6.31. The van der Waals surface area contributed by atoms with Crippen molar-refractivity contribution in [2.24, 2.45) is 10.9 Å². The van der Waals surface area contributed by atoms with Crippen molar-refractivity contribution in [2.45, 2.75) is 0 Å². The van der Waals surface area contributed by atoms with E-state index in [1.54, 1.807) is 12.1 Å². The van der Waals surface area contributed by atoms with Gasteiger partial charge in [-0.3, -0.25) is 10.1 Å². The van der Waals surface area contributed by atoms with E-state index in [0.29, 0.717) is 17.1 Å². The molecule has 0 aliphatic carbocycles. The van der Waals surface area contributed by atoms with Gasteiger partial charge in [-0.1, -0.05) is 16.8 Å². The van der Waals surface area contributed by atoms with Crippen LogP contribution in [0.4, 0.5) is 5.69 Å². The summed E-state index contributed by atoms with van der Waals surface area (Å²) < 4.78 is 10.3. The van der Waals surface area contributed by atoms with Gasteiger partial charge in [0.2, 0.25) is 0 Å². The summed E-state index contributed by atoms with van der Waals surface area (Å²) in [7, 11) is 2.93. The predicted octanol–water partition coefficient (Wildman–Crippen LogP) is 2.74. The van der Waals surface area contributed by atoms with Gasteiger partial charge in [0.1, 0.15) is 5.56 Å². The second-order valence-corrected chi connectivity index (χ2v) is 5.28. The topological polar surface area (TPSA) is 126 Å². The van der Waals surface area contributed by atoms with Crippen molar-refractivity contribution in [3.8, 4) is 11.5 Å². The van der Waals surface area contributed by atoms with E-state index in [-0.39, 0.29) is 16.4 Å². The molecule has 0 heterocycles. The summed E-state index contributed by atoms with van der Waals surface area (Å²) in [5.41, 5.74) is 5.38. The van der Waals surface area contributed by atoms with Gasteiger partial charge in [0, 0.05) is 16.7 Å². The summed E-state index contributed by atoms with van der Waals surface area (Å²) in [4.78, 5) is 27.0. The van der Waals surface area contributed by atoms with Gasteiger partial charge in [-0.25, -0.2) is 4.79 Å². The highest BCUT2D eigenvalue weighted by Gasteiger charge is 2.22. The van der Waals surface area contributed by atoms with Crippen molar-refractivity contribution < 1.29 is 24.0 Å². The molecule has 0 bridgehead atoms. The third-order valence-corrected chi connectivity index (χ3v) is 3.52. The second-order valence-electron chi connectivity index (χ2n) is 4.84. The monoisotopic (exact) mass is 379 g/mol. The molecule has 0 radical (unpaired) electrons. The van der Waals surface area contributed by atoms with Gasteiger partial charge >= 0.3 is 5.97 Å². The Bertz CT molecular complexity index is 884. The fourth-order valence-corrected chi connectivity index (χ4v) is 2.18. The Morgan fingerprint density at radius 2 is 1.85 bits per heavy atom. The summed E-state index contributed by atoms with van der Waals surface area (Å²) in [6.07, 6.45) is 0. The van der Waals surface area contributed by atoms with Crippen LogP contribution in [0.3, 0.4) is 0 Å². The van der Waals surface area contributed by atoms with Crippen molar-refractivity contribution in [2.75, 3.05) is 14.2 Å². The van der Waals surface area contributed by atoms with Crippen LogP contribution in [0.1, 0.15) is 15.9 Å². The summed E-state index contributed by atoms with van der Waals surface area (Å²) in [5.74, 6) is -0.284. The number of carbonyl (C=O) groups is 1. The molecule has 0 saturated heterocycles. The number of nitro benzene ring substituents is 1. The van der Waals surface area contributed by atoms with E-state index >= 15 is 0 Å². The maximum Gasteiger partial charge on any atom is 0.372 e. The van der Waals surface area contributed by atoms with Crippen LogP contribution in [0.2, 0.25) is 5.02 Å². The number of nitro groups is 1. The van der Waals surface area contributed by atoms with Crippen LogP contribution in [0.5, 0.6) is 11.5 Å². The third kappa shape index (κ3) is 4.19. The average Bonchev–Trinajstić information content (AvgIpc) is 2.64. The average molecular weight is 380 g/mol. The highest BCUT2D eigenvalue weighted by Crippen LogP contribution is 2.27. The van der Waals surface area contributed by atoms with Gasteiger partial charge in [0.05, 0.1) is 19.1 Å². The molecule has 26 heavy (non-hydrogen) atoms. The normalized spacial score (nSPS) is 11.0. The molecule has 0 spiro atoms. The Hall–Kier alpha value is -3.33. The molecule has 9 nitrogen and oxygen atoms in total. The number of nitrogens with two attached hydrogens (primary N) is 1. The van der Waals surface area contributed by atoms with Crippen LogP contribution in [0.15, 0.2) is 41.6 Å². The number of rotatable bonds is 6. The molecular formula is C16H14ClN3O6. The number of ether oxygens (including phenoxy) is 2. The number of hydrogen-bond acceptors (Lipinski definition) is 7. The summed E-state index contributed by atoms with van der Waals surface area (Å²) in [6, 6.07) is 8.26. The van der Waals surface area contributed by atoms with Crippen molar-refractivity contribution in [1.82, 2.24) is 0 Å². The number of nitrogens with zero attached hydrogens (tertiary/aromatic N) is 2. The Labute approximate surface area is 153 Å². The number of oxime groups is 1. The van der Waals surface area contributed by atoms with Crippen LogP contribution in [-0.4, -0.2) is 30.9 Å². The molecule has 0 unspecified atom stereocenters. The van der Waals surface area contributed by atoms with Crippen molar-refractivity contribution in [3.63, 3.8) is 0 Å². The van der Waals surface area contributed by atoms with E-state index < -0.39 is 16.6 Å². The Morgan fingerprint density at radius 3 is 2.46 bits per heavy atom. The van der Waals surface area contributed by atoms with Gasteiger partial charge in [-0.2, -0.15) is 0 Å². The molecule has 2 aromatic carbocycles. The lowest BCUT2D eigenvalue weighted by atomic mass is 10.2. The first-order chi connectivity index (χ1) is 12.4. The minimum atomic E-state index is -1.04. The number of benzene rings is 2. The molecule has 10 heteroatoms. The third-order valence-electron chi connectivity index (χ3n) is 3.28. The molecule has 2 aromatic rings. The Balaban J connectivity index is 2.24. The van der Waals surface area contributed by atoms with Gasteiger partial charge in [0.15, 0.2) is 17.3 Å². The number of carbonyl (C=O) groups excluding carboxylic acids is 1. The molecule has 0 aliphatic rings. The molecular weight excluding hydrogens is 366 g/mol. The largest absolute Gasteiger partial charge is 0.493 e. The van der Waals surface area contributed by atoms with Gasteiger partial charge < -0.3 is 20.0 Å².